The fourth-order valence-electron chi connectivity index (χ4n) is 8.87. The van der Waals surface area contributed by atoms with Gasteiger partial charge in [-0.2, -0.15) is 0 Å². The van der Waals surface area contributed by atoms with E-state index < -0.39 is 0 Å². The standard InChI is InChI=1S/C57H60N4O/c1-54(2,3)39-24-27-49-48(33-39)47-26-25-46(36-52(47)61(49)53-34-40(28-29-58-53)57(10,11)38-18-13-12-14-19-38)62-45-21-17-20-43(35-45)59-37-60(51-23-16-15-22-50(51)59)44-31-41(55(4,5)6)30-42(32-44)56(7,8)9/h12-36H,37H2,1-11H3. The van der Waals surface area contributed by atoms with Crippen LogP contribution < -0.4 is 14.5 Å². The van der Waals surface area contributed by atoms with Gasteiger partial charge in [0.05, 0.1) is 22.4 Å². The molecule has 0 N–H and O–H groups in total. The van der Waals surface area contributed by atoms with Crippen molar-refractivity contribution in [2.45, 2.75) is 97.8 Å². The molecule has 0 saturated carbocycles. The zero-order valence-electron chi connectivity index (χ0n) is 38.3. The number of nitrogens with zero attached hydrogens (tertiary/aromatic N) is 4. The second-order valence-electron chi connectivity index (χ2n) is 20.7. The molecule has 314 valence electrons. The average Bonchev–Trinajstić information content (AvgIpc) is 3.79. The quantitative estimate of drug-likeness (QED) is 0.160. The largest absolute Gasteiger partial charge is 0.457 e. The summed E-state index contributed by atoms with van der Waals surface area (Å²) >= 11 is 0. The van der Waals surface area contributed by atoms with Crippen LogP contribution in [0.25, 0.3) is 27.6 Å². The van der Waals surface area contributed by atoms with E-state index in [4.69, 9.17) is 9.72 Å². The van der Waals surface area contributed by atoms with Gasteiger partial charge >= 0.3 is 0 Å². The maximum atomic E-state index is 6.82. The second-order valence-corrected chi connectivity index (χ2v) is 20.7. The first-order chi connectivity index (χ1) is 29.4. The number of pyridine rings is 1. The number of rotatable bonds is 7. The van der Waals surface area contributed by atoms with E-state index in [9.17, 15) is 0 Å². The normalized spacial score (nSPS) is 13.6. The number of aromatic nitrogens is 2. The zero-order valence-corrected chi connectivity index (χ0v) is 38.3. The van der Waals surface area contributed by atoms with Crippen LogP contribution in [-0.2, 0) is 21.7 Å². The molecule has 5 nitrogen and oxygen atoms in total. The molecular weight excluding hydrogens is 757 g/mol. The van der Waals surface area contributed by atoms with Gasteiger partial charge in [-0.3, -0.25) is 4.57 Å². The lowest BCUT2D eigenvalue weighted by molar-refractivity contribution is 0.483. The summed E-state index contributed by atoms with van der Waals surface area (Å²) in [4.78, 5) is 9.87. The lowest BCUT2D eigenvalue weighted by Crippen LogP contribution is -2.25. The number of anilines is 4. The Balaban J connectivity index is 1.10. The maximum Gasteiger partial charge on any atom is 0.137 e. The summed E-state index contributed by atoms with van der Waals surface area (Å²) in [5, 5.41) is 2.37. The van der Waals surface area contributed by atoms with Crippen molar-refractivity contribution in [2.75, 3.05) is 16.5 Å². The van der Waals surface area contributed by atoms with Gasteiger partial charge in [-0.15, -0.1) is 0 Å². The predicted octanol–water partition coefficient (Wildman–Crippen LogP) is 15.4. The number of para-hydroxylation sites is 2. The van der Waals surface area contributed by atoms with Crippen LogP contribution in [0.1, 0.15) is 104 Å². The van der Waals surface area contributed by atoms with Gasteiger partial charge in [-0.05, 0) is 117 Å². The summed E-state index contributed by atoms with van der Waals surface area (Å²) < 4.78 is 9.13. The zero-order chi connectivity index (χ0) is 43.8. The molecule has 8 aromatic rings. The highest BCUT2D eigenvalue weighted by molar-refractivity contribution is 6.10. The van der Waals surface area contributed by atoms with Gasteiger partial charge in [0.2, 0.25) is 0 Å². The van der Waals surface area contributed by atoms with Gasteiger partial charge in [-0.1, -0.05) is 137 Å². The SMILES string of the molecule is CC(C)(C)c1cc(N2CN(c3cccc(Oc4ccc5c6cc(C(C)(C)C)ccc6n(-c6cc(C(C)(C)c7ccccc7)ccn6)c5c4)c3)c3ccccc32)cc(C(C)(C)C)c1. The molecule has 1 aliphatic rings. The molecule has 0 saturated heterocycles. The topological polar surface area (TPSA) is 33.5 Å². The van der Waals surface area contributed by atoms with E-state index in [0.717, 1.165) is 34.0 Å². The highest BCUT2D eigenvalue weighted by atomic mass is 16.5. The number of hydrogen-bond donors (Lipinski definition) is 0. The minimum absolute atomic E-state index is 0.00721. The number of fused-ring (bicyclic) bond motifs is 4. The first-order valence-corrected chi connectivity index (χ1v) is 22.1. The van der Waals surface area contributed by atoms with Crippen molar-refractivity contribution in [3.05, 3.63) is 180 Å². The lowest BCUT2D eigenvalue weighted by atomic mass is 9.78. The Labute approximate surface area is 368 Å². The van der Waals surface area contributed by atoms with Gasteiger partial charge < -0.3 is 14.5 Å². The smallest absolute Gasteiger partial charge is 0.137 e. The van der Waals surface area contributed by atoms with E-state index >= 15 is 0 Å². The molecule has 0 atom stereocenters. The molecule has 0 unspecified atom stereocenters. The number of hydrogen-bond acceptors (Lipinski definition) is 4. The van der Waals surface area contributed by atoms with Gasteiger partial charge in [0, 0.05) is 45.9 Å². The van der Waals surface area contributed by atoms with E-state index in [2.05, 4.69) is 236 Å². The Bertz CT molecular complexity index is 2920. The number of ether oxygens (including phenoxy) is 1. The van der Waals surface area contributed by atoms with Gasteiger partial charge in [0.15, 0.2) is 0 Å². The fraction of sp³-hybridized carbons (Fsp3) is 0.281. The van der Waals surface area contributed by atoms with Crippen molar-refractivity contribution in [3.63, 3.8) is 0 Å². The molecule has 0 radical (unpaired) electrons. The van der Waals surface area contributed by atoms with Gasteiger partial charge in [-0.25, -0.2) is 4.98 Å². The third kappa shape index (κ3) is 7.52. The summed E-state index contributed by atoms with van der Waals surface area (Å²) in [5.41, 5.74) is 13.1. The minimum Gasteiger partial charge on any atom is -0.457 e. The van der Waals surface area contributed by atoms with Crippen LogP contribution >= 0.6 is 0 Å². The highest BCUT2D eigenvalue weighted by Crippen LogP contribution is 2.47. The summed E-state index contributed by atoms with van der Waals surface area (Å²) in [6.45, 7) is 25.9. The molecule has 1 aliphatic heterocycles. The summed E-state index contributed by atoms with van der Waals surface area (Å²) in [6.07, 6.45) is 1.95. The molecule has 0 spiro atoms. The summed E-state index contributed by atoms with van der Waals surface area (Å²) in [5.74, 6) is 2.44. The maximum absolute atomic E-state index is 6.82. The third-order valence-corrected chi connectivity index (χ3v) is 12.9. The molecule has 62 heavy (non-hydrogen) atoms. The predicted molar refractivity (Wildman–Crippen MR) is 262 cm³/mol. The molecule has 9 rings (SSSR count). The fourth-order valence-corrected chi connectivity index (χ4v) is 8.87. The molecule has 6 aromatic carbocycles. The average molecular weight is 817 g/mol. The first-order valence-electron chi connectivity index (χ1n) is 22.1. The molecule has 0 amide bonds. The number of benzene rings is 6. The third-order valence-electron chi connectivity index (χ3n) is 12.9. The van der Waals surface area contributed by atoms with Crippen molar-refractivity contribution in [1.82, 2.24) is 9.55 Å². The Morgan fingerprint density at radius 2 is 1.06 bits per heavy atom. The second kappa shape index (κ2) is 14.9. The minimum atomic E-state index is -0.213. The van der Waals surface area contributed by atoms with E-state index in [-0.39, 0.29) is 21.7 Å². The molecule has 3 heterocycles. The van der Waals surface area contributed by atoms with Crippen LogP contribution in [0.15, 0.2) is 152 Å². The molecule has 0 bridgehead atoms. The molecule has 2 aromatic heterocycles. The van der Waals surface area contributed by atoms with Gasteiger partial charge in [0.25, 0.3) is 0 Å². The van der Waals surface area contributed by atoms with Crippen LogP contribution in [-0.4, -0.2) is 16.2 Å². The highest BCUT2D eigenvalue weighted by Gasteiger charge is 2.31. The van der Waals surface area contributed by atoms with Gasteiger partial charge in [0.1, 0.15) is 24.0 Å². The molecule has 5 heteroatoms. The van der Waals surface area contributed by atoms with Crippen LogP contribution in [0, 0.1) is 0 Å². The Kier molecular flexibility index (Phi) is 9.89. The van der Waals surface area contributed by atoms with Crippen molar-refractivity contribution in [3.8, 4) is 17.3 Å². The van der Waals surface area contributed by atoms with Crippen LogP contribution in [0.5, 0.6) is 11.5 Å². The lowest BCUT2D eigenvalue weighted by Gasteiger charge is -2.29. The van der Waals surface area contributed by atoms with E-state index in [1.165, 1.54) is 55.7 Å². The van der Waals surface area contributed by atoms with Crippen molar-refractivity contribution < 1.29 is 4.74 Å². The summed E-state index contributed by atoms with van der Waals surface area (Å²) in [7, 11) is 0. The summed E-state index contributed by atoms with van der Waals surface area (Å²) in [6, 6.07) is 52.9. The Hall–Kier alpha value is -6.33. The first kappa shape index (κ1) is 41.0. The Morgan fingerprint density at radius 1 is 0.435 bits per heavy atom. The van der Waals surface area contributed by atoms with Crippen molar-refractivity contribution in [1.29, 1.82) is 0 Å². The Morgan fingerprint density at radius 3 is 1.73 bits per heavy atom. The van der Waals surface area contributed by atoms with E-state index in [0.29, 0.717) is 6.67 Å². The van der Waals surface area contributed by atoms with Crippen LogP contribution in [0.4, 0.5) is 22.7 Å². The van der Waals surface area contributed by atoms with Crippen molar-refractivity contribution in [2.24, 2.45) is 0 Å². The van der Waals surface area contributed by atoms with Crippen LogP contribution in [0.3, 0.4) is 0 Å². The van der Waals surface area contributed by atoms with E-state index in [1.807, 2.05) is 6.20 Å². The molecule has 0 aliphatic carbocycles. The monoisotopic (exact) mass is 816 g/mol. The van der Waals surface area contributed by atoms with Crippen molar-refractivity contribution >= 4 is 44.6 Å². The molecule has 0 fully saturated rings. The van der Waals surface area contributed by atoms with E-state index in [1.54, 1.807) is 0 Å². The molecular formula is C57H60N4O. The van der Waals surface area contributed by atoms with Crippen LogP contribution in [0.2, 0.25) is 0 Å².